The summed E-state index contributed by atoms with van der Waals surface area (Å²) in [6.07, 6.45) is 6.19. The van der Waals surface area contributed by atoms with Gasteiger partial charge in [0.25, 0.3) is 0 Å². The van der Waals surface area contributed by atoms with Gasteiger partial charge in [0.2, 0.25) is 0 Å². The van der Waals surface area contributed by atoms with Crippen molar-refractivity contribution in [2.75, 3.05) is 25.6 Å². The first kappa shape index (κ1) is 22.7. The predicted octanol–water partition coefficient (Wildman–Crippen LogP) is 4.20. The molecule has 5 rings (SSSR count). The van der Waals surface area contributed by atoms with Crippen molar-refractivity contribution in [1.82, 2.24) is 24.6 Å². The van der Waals surface area contributed by atoms with E-state index in [1.54, 1.807) is 47.2 Å². The number of nitrogens with zero attached hydrogens (tertiary/aromatic N) is 4. The van der Waals surface area contributed by atoms with E-state index in [1.807, 2.05) is 0 Å². The minimum atomic E-state index is -0.810. The Morgan fingerprint density at radius 2 is 1.97 bits per heavy atom. The van der Waals surface area contributed by atoms with E-state index < -0.39 is 29.5 Å². The van der Waals surface area contributed by atoms with Gasteiger partial charge in [0.05, 0.1) is 49.3 Å². The summed E-state index contributed by atoms with van der Waals surface area (Å²) in [6, 6.07) is 5.39. The van der Waals surface area contributed by atoms with Gasteiger partial charge >= 0.3 is 6.03 Å². The summed E-state index contributed by atoms with van der Waals surface area (Å²) in [5.41, 5.74) is 1.97. The number of imidazole rings is 1. The lowest BCUT2D eigenvalue weighted by Crippen LogP contribution is -2.34. The molecule has 2 amide bonds. The first-order chi connectivity index (χ1) is 17.0. The van der Waals surface area contributed by atoms with E-state index in [2.05, 4.69) is 20.7 Å². The molecular weight excluding hydrogens is 461 g/mol. The molecule has 0 aliphatic carbocycles. The summed E-state index contributed by atoms with van der Waals surface area (Å²) >= 11 is 0. The Balaban J connectivity index is 1.28. The SMILES string of the molecule is COCCn1cc(-c2cc(F)c(NC(=O)NCC3c4c(F)cccc4-c4cncn43)cc2F)cn1. The van der Waals surface area contributed by atoms with Crippen LogP contribution in [0.3, 0.4) is 0 Å². The zero-order chi connectivity index (χ0) is 24.5. The van der Waals surface area contributed by atoms with Crippen LogP contribution in [-0.4, -0.2) is 45.6 Å². The number of hydrogen-bond acceptors (Lipinski definition) is 4. The van der Waals surface area contributed by atoms with Crippen LogP contribution < -0.4 is 10.6 Å². The lowest BCUT2D eigenvalue weighted by Gasteiger charge is -2.17. The molecule has 0 fully saturated rings. The summed E-state index contributed by atoms with van der Waals surface area (Å²) in [7, 11) is 1.56. The lowest BCUT2D eigenvalue weighted by molar-refractivity contribution is 0.183. The average molecular weight is 482 g/mol. The maximum Gasteiger partial charge on any atom is 0.319 e. The highest BCUT2D eigenvalue weighted by Crippen LogP contribution is 2.40. The molecule has 2 N–H and O–H groups in total. The van der Waals surface area contributed by atoms with E-state index in [0.717, 1.165) is 17.8 Å². The van der Waals surface area contributed by atoms with Gasteiger partial charge < -0.3 is 19.9 Å². The first-order valence-corrected chi connectivity index (χ1v) is 10.8. The normalized spacial score (nSPS) is 14.0. The van der Waals surface area contributed by atoms with Crippen LogP contribution in [0.4, 0.5) is 23.7 Å². The Kier molecular flexibility index (Phi) is 6.00. The molecule has 4 aromatic rings. The van der Waals surface area contributed by atoms with Crippen LogP contribution in [-0.2, 0) is 11.3 Å². The summed E-state index contributed by atoms with van der Waals surface area (Å²) in [4.78, 5) is 16.6. The average Bonchev–Trinajstić information content (AvgIpc) is 3.56. The number of ether oxygens (including phenoxy) is 1. The van der Waals surface area contributed by atoms with Crippen molar-refractivity contribution < 1.29 is 22.7 Å². The Bertz CT molecular complexity index is 1400. The summed E-state index contributed by atoms with van der Waals surface area (Å²) in [5.74, 6) is -1.93. The molecule has 0 saturated heterocycles. The minimum Gasteiger partial charge on any atom is -0.383 e. The van der Waals surface area contributed by atoms with E-state index >= 15 is 0 Å². The van der Waals surface area contributed by atoms with Crippen LogP contribution in [0.2, 0.25) is 0 Å². The van der Waals surface area contributed by atoms with Gasteiger partial charge in [0.15, 0.2) is 0 Å². The van der Waals surface area contributed by atoms with Gasteiger partial charge in [-0.15, -0.1) is 0 Å². The van der Waals surface area contributed by atoms with Crippen LogP contribution >= 0.6 is 0 Å². The monoisotopic (exact) mass is 482 g/mol. The standard InChI is InChI=1S/C24H21F3N6O2/c1-35-6-5-32-12-14(9-30-32)16-7-19(27)20(8-18(16)26)31-24(34)29-11-22-23-15(3-2-4-17(23)25)21-10-28-13-33(21)22/h2-4,7-10,12-13,22H,5-6,11H2,1H3,(H2,29,31,34). The van der Waals surface area contributed by atoms with Gasteiger partial charge in [-0.1, -0.05) is 12.1 Å². The van der Waals surface area contributed by atoms with Crippen LogP contribution in [0.5, 0.6) is 0 Å². The first-order valence-electron chi connectivity index (χ1n) is 10.8. The molecule has 2 aromatic carbocycles. The van der Waals surface area contributed by atoms with Gasteiger partial charge in [0, 0.05) is 48.2 Å². The number of amides is 2. The number of carbonyl (C=O) groups is 1. The highest BCUT2D eigenvalue weighted by molar-refractivity contribution is 5.90. The molecule has 180 valence electrons. The fourth-order valence-electron chi connectivity index (χ4n) is 4.23. The summed E-state index contributed by atoms with van der Waals surface area (Å²) in [6.45, 7) is 0.916. The third-order valence-electron chi connectivity index (χ3n) is 5.89. The van der Waals surface area contributed by atoms with Crippen molar-refractivity contribution in [1.29, 1.82) is 0 Å². The Hall–Kier alpha value is -4.12. The van der Waals surface area contributed by atoms with Crippen molar-refractivity contribution in [3.8, 4) is 22.4 Å². The number of halogens is 3. The third kappa shape index (κ3) is 4.26. The van der Waals surface area contributed by atoms with Gasteiger partial charge in [0.1, 0.15) is 17.5 Å². The summed E-state index contributed by atoms with van der Waals surface area (Å²) in [5, 5.41) is 9.03. The van der Waals surface area contributed by atoms with Gasteiger partial charge in [-0.2, -0.15) is 5.10 Å². The Morgan fingerprint density at radius 1 is 1.11 bits per heavy atom. The number of carbonyl (C=O) groups excluding carboxylic acids is 1. The molecular formula is C24H21F3N6O2. The Morgan fingerprint density at radius 3 is 2.80 bits per heavy atom. The number of hydrogen-bond donors (Lipinski definition) is 2. The molecule has 1 atom stereocenters. The second kappa shape index (κ2) is 9.26. The number of anilines is 1. The number of methoxy groups -OCH3 is 1. The molecule has 0 bridgehead atoms. The number of benzene rings is 2. The van der Waals surface area contributed by atoms with Crippen molar-refractivity contribution >= 4 is 11.7 Å². The number of rotatable bonds is 7. The fraction of sp³-hybridized carbons (Fsp3) is 0.208. The molecule has 8 nitrogen and oxygen atoms in total. The minimum absolute atomic E-state index is 0.0165. The summed E-state index contributed by atoms with van der Waals surface area (Å²) < 4.78 is 52.3. The van der Waals surface area contributed by atoms with Crippen molar-refractivity contribution in [3.63, 3.8) is 0 Å². The highest BCUT2D eigenvalue weighted by atomic mass is 19.1. The maximum absolute atomic E-state index is 14.7. The quantitative estimate of drug-likeness (QED) is 0.414. The van der Waals surface area contributed by atoms with Crippen molar-refractivity contribution in [2.45, 2.75) is 12.6 Å². The third-order valence-corrected chi connectivity index (χ3v) is 5.89. The van der Waals surface area contributed by atoms with Crippen molar-refractivity contribution in [3.05, 3.63) is 78.3 Å². The molecule has 1 aliphatic rings. The predicted molar refractivity (Wildman–Crippen MR) is 122 cm³/mol. The number of fused-ring (bicyclic) bond motifs is 3. The van der Waals surface area contributed by atoms with Gasteiger partial charge in [-0.05, 0) is 12.1 Å². The molecule has 1 aliphatic heterocycles. The number of urea groups is 1. The smallest absolute Gasteiger partial charge is 0.319 e. The Labute approximate surface area is 198 Å². The van der Waals surface area contributed by atoms with Gasteiger partial charge in [-0.3, -0.25) is 4.68 Å². The molecule has 35 heavy (non-hydrogen) atoms. The molecule has 3 heterocycles. The van der Waals surface area contributed by atoms with E-state index in [-0.39, 0.29) is 17.8 Å². The molecule has 0 saturated carbocycles. The fourth-order valence-corrected chi connectivity index (χ4v) is 4.23. The maximum atomic E-state index is 14.7. The van der Waals surface area contributed by atoms with E-state index in [1.165, 1.54) is 12.3 Å². The topological polar surface area (TPSA) is 86.0 Å². The molecule has 11 heteroatoms. The molecule has 1 unspecified atom stereocenters. The lowest BCUT2D eigenvalue weighted by atomic mass is 10.0. The van der Waals surface area contributed by atoms with Crippen molar-refractivity contribution in [2.24, 2.45) is 0 Å². The highest BCUT2D eigenvalue weighted by Gasteiger charge is 2.31. The second-order valence-corrected chi connectivity index (χ2v) is 8.03. The van der Waals surface area contributed by atoms with E-state index in [4.69, 9.17) is 4.74 Å². The van der Waals surface area contributed by atoms with E-state index in [9.17, 15) is 18.0 Å². The second-order valence-electron chi connectivity index (χ2n) is 8.03. The van der Waals surface area contributed by atoms with Gasteiger partial charge in [-0.25, -0.2) is 22.9 Å². The molecule has 0 spiro atoms. The molecule has 2 aromatic heterocycles. The zero-order valence-electron chi connectivity index (χ0n) is 18.6. The van der Waals surface area contributed by atoms with Crippen LogP contribution in [0.25, 0.3) is 22.4 Å². The van der Waals surface area contributed by atoms with Crippen LogP contribution in [0, 0.1) is 17.5 Å². The number of aromatic nitrogens is 4. The zero-order valence-corrected chi connectivity index (χ0v) is 18.6. The van der Waals surface area contributed by atoms with Crippen LogP contribution in [0.1, 0.15) is 11.6 Å². The largest absolute Gasteiger partial charge is 0.383 e. The molecule has 0 radical (unpaired) electrons. The van der Waals surface area contributed by atoms with Crippen LogP contribution in [0.15, 0.2) is 55.2 Å². The van der Waals surface area contributed by atoms with E-state index in [0.29, 0.717) is 29.8 Å². The number of nitrogens with one attached hydrogen (secondary N) is 2.